The average molecular weight is 324 g/mol. The molecule has 1 aromatic rings. The van der Waals surface area contributed by atoms with Gasteiger partial charge in [0.1, 0.15) is 18.8 Å². The maximum Gasteiger partial charge on any atom is 0.473 e. The van der Waals surface area contributed by atoms with Crippen LogP contribution in [0.4, 0.5) is 19.0 Å². The van der Waals surface area contributed by atoms with E-state index in [1.165, 1.54) is 0 Å². The van der Waals surface area contributed by atoms with E-state index >= 15 is 0 Å². The summed E-state index contributed by atoms with van der Waals surface area (Å²) in [5.41, 5.74) is 0. The molecular formula is C11H15F3N4O4. The quantitative estimate of drug-likeness (QED) is 0.626. The molecule has 0 aliphatic carbocycles. The Morgan fingerprint density at radius 3 is 2.59 bits per heavy atom. The number of rotatable bonds is 5. The first kappa shape index (κ1) is 16.6. The molecule has 1 atom stereocenters. The van der Waals surface area contributed by atoms with Crippen molar-refractivity contribution in [1.82, 2.24) is 14.5 Å². The van der Waals surface area contributed by atoms with Gasteiger partial charge >= 0.3 is 17.8 Å². The van der Waals surface area contributed by atoms with Crippen LogP contribution in [0.5, 0.6) is 0 Å². The summed E-state index contributed by atoms with van der Waals surface area (Å²) in [6, 6.07) is 0. The Bertz CT molecular complexity index is 528. The highest BCUT2D eigenvalue weighted by atomic mass is 19.4. The molecule has 1 fully saturated rings. The molecule has 0 amide bonds. The van der Waals surface area contributed by atoms with Crippen molar-refractivity contribution in [1.29, 1.82) is 0 Å². The fourth-order valence-corrected chi connectivity index (χ4v) is 2.27. The van der Waals surface area contributed by atoms with E-state index in [2.05, 4.69) is 4.98 Å². The molecule has 11 heteroatoms. The van der Waals surface area contributed by atoms with Gasteiger partial charge in [0.15, 0.2) is 0 Å². The summed E-state index contributed by atoms with van der Waals surface area (Å²) in [6.45, 7) is 1.61. The fraction of sp³-hybridized carbons (Fsp3) is 0.727. The Balaban J connectivity index is 2.12. The number of aliphatic hydroxyl groups excluding tert-OH is 1. The molecule has 2 rings (SSSR count). The third kappa shape index (κ3) is 3.93. The van der Waals surface area contributed by atoms with Crippen LogP contribution in [0.15, 0.2) is 6.20 Å². The van der Waals surface area contributed by atoms with E-state index in [0.29, 0.717) is 37.1 Å². The van der Waals surface area contributed by atoms with Crippen molar-refractivity contribution in [3.8, 4) is 0 Å². The molecule has 0 radical (unpaired) electrons. The predicted octanol–water partition coefficient (Wildman–Crippen LogP) is 0.503. The molecule has 1 aliphatic rings. The molecule has 1 aromatic heterocycles. The van der Waals surface area contributed by atoms with Crippen LogP contribution in [0.1, 0.15) is 5.82 Å². The van der Waals surface area contributed by atoms with Crippen LogP contribution in [0, 0.1) is 10.1 Å². The lowest BCUT2D eigenvalue weighted by molar-refractivity contribution is -0.392. The minimum absolute atomic E-state index is 0.107. The Morgan fingerprint density at radius 2 is 2.05 bits per heavy atom. The summed E-state index contributed by atoms with van der Waals surface area (Å²) in [7, 11) is 0. The zero-order chi connectivity index (χ0) is 16.3. The van der Waals surface area contributed by atoms with Gasteiger partial charge < -0.3 is 20.0 Å². The van der Waals surface area contributed by atoms with Crippen LogP contribution in [0.25, 0.3) is 0 Å². The van der Waals surface area contributed by atoms with E-state index in [1.54, 1.807) is 0 Å². The molecule has 8 nitrogen and oxygen atoms in total. The summed E-state index contributed by atoms with van der Waals surface area (Å²) in [4.78, 5) is 14.7. The fourth-order valence-electron chi connectivity index (χ4n) is 2.27. The Labute approximate surface area is 123 Å². The van der Waals surface area contributed by atoms with E-state index in [0.717, 1.165) is 0 Å². The smallest absolute Gasteiger partial charge is 0.388 e. The summed E-state index contributed by atoms with van der Waals surface area (Å²) in [6.07, 6.45) is -5.47. The third-order valence-electron chi connectivity index (χ3n) is 3.24. The number of hydrogen-bond donors (Lipinski definition) is 1. The van der Waals surface area contributed by atoms with Crippen molar-refractivity contribution in [2.24, 2.45) is 0 Å². The normalized spacial score (nSPS) is 18.4. The maximum atomic E-state index is 12.8. The highest BCUT2D eigenvalue weighted by Crippen LogP contribution is 2.31. The van der Waals surface area contributed by atoms with E-state index in [1.807, 2.05) is 4.90 Å². The first-order valence-corrected chi connectivity index (χ1v) is 6.54. The molecule has 0 aromatic carbocycles. The maximum absolute atomic E-state index is 12.8. The van der Waals surface area contributed by atoms with Crippen LogP contribution in [-0.4, -0.2) is 63.4 Å². The standard InChI is InChI=1S/C11H15F3N4O4/c12-11(13,14)10-15-5-9(18(20)21)17(10)7-8(19)6-16-1-3-22-4-2-16/h5,8,19H,1-4,6-7H2. The van der Waals surface area contributed by atoms with Crippen molar-refractivity contribution < 1.29 is 27.9 Å². The molecule has 124 valence electrons. The van der Waals surface area contributed by atoms with Crippen molar-refractivity contribution in [3.05, 3.63) is 22.1 Å². The van der Waals surface area contributed by atoms with Gasteiger partial charge in [0, 0.05) is 19.6 Å². The van der Waals surface area contributed by atoms with E-state index in [4.69, 9.17) is 4.74 Å². The molecule has 0 saturated carbocycles. The number of aromatic nitrogens is 2. The monoisotopic (exact) mass is 324 g/mol. The zero-order valence-electron chi connectivity index (χ0n) is 11.5. The summed E-state index contributed by atoms with van der Waals surface area (Å²) in [5.74, 6) is -2.19. The van der Waals surface area contributed by atoms with Crippen molar-refractivity contribution in [3.63, 3.8) is 0 Å². The van der Waals surface area contributed by atoms with Gasteiger partial charge in [-0.15, -0.1) is 0 Å². The van der Waals surface area contributed by atoms with Gasteiger partial charge in [-0.25, -0.2) is 4.98 Å². The largest absolute Gasteiger partial charge is 0.473 e. The van der Waals surface area contributed by atoms with Crippen LogP contribution in [0.3, 0.4) is 0 Å². The zero-order valence-corrected chi connectivity index (χ0v) is 11.5. The number of nitro groups is 1. The Kier molecular flexibility index (Phi) is 4.98. The van der Waals surface area contributed by atoms with E-state index in [9.17, 15) is 28.4 Å². The van der Waals surface area contributed by atoms with Gasteiger partial charge in [-0.3, -0.25) is 4.90 Å². The topological polar surface area (TPSA) is 93.7 Å². The number of morpholine rings is 1. The molecule has 0 bridgehead atoms. The second-order valence-electron chi connectivity index (χ2n) is 4.87. The number of halogens is 3. The van der Waals surface area contributed by atoms with Gasteiger partial charge in [0.2, 0.25) is 0 Å². The van der Waals surface area contributed by atoms with Gasteiger partial charge in [0.05, 0.1) is 13.2 Å². The highest BCUT2D eigenvalue weighted by molar-refractivity contribution is 5.21. The first-order valence-electron chi connectivity index (χ1n) is 6.54. The van der Waals surface area contributed by atoms with Crippen molar-refractivity contribution >= 4 is 5.82 Å². The molecule has 1 aliphatic heterocycles. The second-order valence-corrected chi connectivity index (χ2v) is 4.87. The van der Waals surface area contributed by atoms with Crippen molar-refractivity contribution in [2.75, 3.05) is 32.8 Å². The molecule has 1 N–H and O–H groups in total. The van der Waals surface area contributed by atoms with E-state index < -0.39 is 35.4 Å². The second kappa shape index (κ2) is 6.58. The number of ether oxygens (including phenoxy) is 1. The summed E-state index contributed by atoms with van der Waals surface area (Å²) in [5, 5.41) is 20.8. The number of alkyl halides is 3. The number of β-amino-alcohol motifs (C(OH)–C–C–N with tert-alkyl or cyclic N) is 1. The lowest BCUT2D eigenvalue weighted by atomic mass is 10.3. The number of imidazole rings is 1. The molecule has 1 saturated heterocycles. The molecule has 0 spiro atoms. The number of nitrogens with zero attached hydrogens (tertiary/aromatic N) is 4. The van der Waals surface area contributed by atoms with E-state index in [-0.39, 0.29) is 6.54 Å². The van der Waals surface area contributed by atoms with Crippen molar-refractivity contribution in [2.45, 2.75) is 18.8 Å². The molecule has 1 unspecified atom stereocenters. The lowest BCUT2D eigenvalue weighted by Crippen LogP contribution is -2.42. The van der Waals surface area contributed by atoms with Crippen LogP contribution in [-0.2, 0) is 17.5 Å². The van der Waals surface area contributed by atoms with Gasteiger partial charge in [0.25, 0.3) is 0 Å². The van der Waals surface area contributed by atoms with Gasteiger partial charge in [-0.05, 0) is 4.92 Å². The van der Waals surface area contributed by atoms with Gasteiger partial charge in [-0.1, -0.05) is 0 Å². The minimum atomic E-state index is -4.83. The number of aliphatic hydroxyl groups is 1. The molecule has 22 heavy (non-hydrogen) atoms. The van der Waals surface area contributed by atoms with Crippen LogP contribution in [0.2, 0.25) is 0 Å². The highest BCUT2D eigenvalue weighted by Gasteiger charge is 2.43. The number of hydrogen-bond acceptors (Lipinski definition) is 6. The summed E-state index contributed by atoms with van der Waals surface area (Å²) >= 11 is 0. The molecular weight excluding hydrogens is 309 g/mol. The average Bonchev–Trinajstić information content (AvgIpc) is 2.83. The SMILES string of the molecule is O=[N+]([O-])c1cnc(C(F)(F)F)n1CC(O)CN1CCOCC1. The Hall–Kier alpha value is -1.72. The van der Waals surface area contributed by atoms with Crippen LogP contribution >= 0.6 is 0 Å². The lowest BCUT2D eigenvalue weighted by Gasteiger charge is -2.28. The first-order chi connectivity index (χ1) is 10.3. The van der Waals surface area contributed by atoms with Gasteiger partial charge in [-0.2, -0.15) is 17.7 Å². The van der Waals surface area contributed by atoms with Crippen LogP contribution < -0.4 is 0 Å². The summed E-state index contributed by atoms with van der Waals surface area (Å²) < 4.78 is 44.0. The minimum Gasteiger partial charge on any atom is -0.388 e. The predicted molar refractivity (Wildman–Crippen MR) is 67.1 cm³/mol. The molecule has 2 heterocycles. The Morgan fingerprint density at radius 1 is 1.41 bits per heavy atom. The third-order valence-corrected chi connectivity index (χ3v) is 3.24.